The SMILES string of the molecule is CC=C(CC(=O)c1cc(C)nn1C=CC=C[CH]=[W])C(=C[C](C)=[V])C(N)=O. The molecule has 1 amide bonds. The van der Waals surface area contributed by atoms with E-state index in [1.165, 1.54) is 19.4 Å². The number of amides is 1. The van der Waals surface area contributed by atoms with E-state index in [2.05, 4.69) is 22.1 Å². The van der Waals surface area contributed by atoms with Gasteiger partial charge in [-0.05, 0) is 0 Å². The van der Waals surface area contributed by atoms with Crippen molar-refractivity contribution in [1.29, 1.82) is 0 Å². The van der Waals surface area contributed by atoms with Crippen molar-refractivity contribution >= 4 is 26.5 Å². The van der Waals surface area contributed by atoms with Crippen molar-refractivity contribution < 1.29 is 45.9 Å². The normalized spacial score (nSPS) is 12.7. The van der Waals surface area contributed by atoms with Crippen LogP contribution in [-0.2, 0) is 41.1 Å². The van der Waals surface area contributed by atoms with Crippen LogP contribution in [0, 0.1) is 6.92 Å². The van der Waals surface area contributed by atoms with Gasteiger partial charge >= 0.3 is 174 Å². The number of aryl methyl sites for hydroxylation is 1. The third kappa shape index (κ3) is 6.91. The molecule has 0 atom stereocenters. The van der Waals surface area contributed by atoms with Gasteiger partial charge in [-0.25, -0.2) is 0 Å². The number of hydrogen-bond acceptors (Lipinski definition) is 3. The Balaban J connectivity index is 3.15. The number of rotatable bonds is 9. The Morgan fingerprint density at radius 1 is 1.35 bits per heavy atom. The van der Waals surface area contributed by atoms with Gasteiger partial charge in [-0.3, -0.25) is 0 Å². The Bertz CT molecular complexity index is 845. The van der Waals surface area contributed by atoms with E-state index in [1.54, 1.807) is 36.0 Å². The van der Waals surface area contributed by atoms with E-state index >= 15 is 0 Å². The molecule has 0 aliphatic carbocycles. The number of nitrogens with zero attached hydrogens (tertiary/aromatic N) is 2. The summed E-state index contributed by atoms with van der Waals surface area (Å²) >= 11 is 3.72. The van der Waals surface area contributed by atoms with E-state index < -0.39 is 5.91 Å². The molecule has 0 aliphatic heterocycles. The van der Waals surface area contributed by atoms with E-state index in [0.29, 0.717) is 16.8 Å². The first-order valence-electron chi connectivity index (χ1n) is 7.87. The van der Waals surface area contributed by atoms with Crippen molar-refractivity contribution in [3.63, 3.8) is 0 Å². The molecule has 5 nitrogen and oxygen atoms in total. The first-order chi connectivity index (χ1) is 12.3. The van der Waals surface area contributed by atoms with Gasteiger partial charge in [-0.1, -0.05) is 0 Å². The van der Waals surface area contributed by atoms with Crippen LogP contribution in [0.2, 0.25) is 0 Å². The second-order valence-corrected chi connectivity index (χ2v) is 7.53. The number of primary amides is 1. The summed E-state index contributed by atoms with van der Waals surface area (Å²) in [6.07, 6.45) is 10.9. The quantitative estimate of drug-likeness (QED) is 0.287. The van der Waals surface area contributed by atoms with Crippen molar-refractivity contribution in [1.82, 2.24) is 9.78 Å². The molecule has 0 fully saturated rings. The molecule has 1 aromatic heterocycles. The Morgan fingerprint density at radius 3 is 2.58 bits per heavy atom. The van der Waals surface area contributed by atoms with Crippen molar-refractivity contribution in [2.24, 2.45) is 5.73 Å². The predicted molar refractivity (Wildman–Crippen MR) is 98.2 cm³/mol. The molecule has 2 N–H and O–H groups in total. The predicted octanol–water partition coefficient (Wildman–Crippen LogP) is 2.24. The Hall–Kier alpha value is -1.68. The third-order valence-corrected chi connectivity index (χ3v) is 4.10. The Labute approximate surface area is 173 Å². The topological polar surface area (TPSA) is 78.0 Å². The molecule has 0 radical (unpaired) electrons. The van der Waals surface area contributed by atoms with E-state index in [4.69, 9.17) is 5.73 Å². The first-order valence-corrected chi connectivity index (χ1v) is 10.3. The van der Waals surface area contributed by atoms with Crippen molar-refractivity contribution in [2.75, 3.05) is 0 Å². The van der Waals surface area contributed by atoms with Crippen LogP contribution < -0.4 is 5.73 Å². The summed E-state index contributed by atoms with van der Waals surface area (Å²) in [5.41, 5.74) is 7.65. The van der Waals surface area contributed by atoms with Crippen molar-refractivity contribution in [2.45, 2.75) is 27.2 Å². The maximum atomic E-state index is 12.8. The summed E-state index contributed by atoms with van der Waals surface area (Å²) in [5.74, 6) is -0.682. The molecule has 0 saturated heterocycles. The molecule has 0 spiro atoms. The zero-order valence-electron chi connectivity index (χ0n) is 15.0. The summed E-state index contributed by atoms with van der Waals surface area (Å²) < 4.78 is 4.43. The van der Waals surface area contributed by atoms with E-state index in [1.807, 2.05) is 36.5 Å². The van der Waals surface area contributed by atoms with E-state index in [0.717, 1.165) is 9.92 Å². The van der Waals surface area contributed by atoms with E-state index in [-0.39, 0.29) is 12.2 Å². The van der Waals surface area contributed by atoms with Crippen LogP contribution in [-0.4, -0.2) is 30.1 Å². The van der Waals surface area contributed by atoms with Gasteiger partial charge in [0.25, 0.3) is 0 Å². The van der Waals surface area contributed by atoms with Crippen LogP contribution in [0.1, 0.15) is 36.5 Å². The molecule has 0 aliphatic rings. The summed E-state index contributed by atoms with van der Waals surface area (Å²) in [7, 11) is 0. The van der Waals surface area contributed by atoms with Gasteiger partial charge < -0.3 is 0 Å². The van der Waals surface area contributed by atoms with Gasteiger partial charge in [0.1, 0.15) is 0 Å². The number of aromatic nitrogens is 2. The van der Waals surface area contributed by atoms with Crippen molar-refractivity contribution in [3.8, 4) is 0 Å². The fourth-order valence-corrected chi connectivity index (χ4v) is 2.75. The van der Waals surface area contributed by atoms with Gasteiger partial charge in [-0.2, -0.15) is 0 Å². The zero-order chi connectivity index (χ0) is 19.7. The number of nitrogens with two attached hydrogens (primary N) is 1. The molecule has 1 rings (SSSR count). The maximum absolute atomic E-state index is 12.8. The second kappa shape index (κ2) is 11.1. The Kier molecular flexibility index (Phi) is 9.57. The molecular formula is C19H21N3O2VW. The second-order valence-electron chi connectivity index (χ2n) is 5.46. The molecule has 0 unspecified atom stereocenters. The third-order valence-electron chi connectivity index (χ3n) is 3.34. The summed E-state index contributed by atoms with van der Waals surface area (Å²) in [6.45, 7) is 5.47. The molecule has 7 heteroatoms. The molecule has 26 heavy (non-hydrogen) atoms. The van der Waals surface area contributed by atoms with Gasteiger partial charge in [0.2, 0.25) is 0 Å². The molecule has 0 saturated carbocycles. The van der Waals surface area contributed by atoms with E-state index in [9.17, 15) is 9.59 Å². The summed E-state index contributed by atoms with van der Waals surface area (Å²) in [4.78, 5) is 24.6. The fraction of sp³-hybridized carbons (Fsp3) is 0.211. The number of allylic oxidation sites excluding steroid dienone is 5. The van der Waals surface area contributed by atoms with Crippen LogP contribution in [0.25, 0.3) is 6.20 Å². The van der Waals surface area contributed by atoms with Crippen molar-refractivity contribution in [3.05, 3.63) is 59.0 Å². The van der Waals surface area contributed by atoms with Crippen LogP contribution in [0.15, 0.2) is 47.6 Å². The van der Waals surface area contributed by atoms with Gasteiger partial charge in [0, 0.05) is 0 Å². The molecule has 1 heterocycles. The number of hydrogen-bond donors (Lipinski definition) is 1. The van der Waals surface area contributed by atoms with Crippen LogP contribution in [0.5, 0.6) is 0 Å². The monoisotopic (exact) mass is 558 g/mol. The van der Waals surface area contributed by atoms with Crippen LogP contribution in [0.4, 0.5) is 0 Å². The molecule has 1 aromatic rings. The zero-order valence-corrected chi connectivity index (χ0v) is 19.3. The number of ketones is 1. The standard InChI is InChI=1S/C19H21N3O2.V.W/c1-5-8-9-11-22-17(12-14(4)21-22)18(23)13-15(7-3)16(10-6-2)19(20)24;;/h1,5,7-12H,13H2,2-4H3,(H2,20,24);;. The number of carbonyl (C=O) groups is 2. The van der Waals surface area contributed by atoms with Gasteiger partial charge in [0.05, 0.1) is 0 Å². The first kappa shape index (κ1) is 22.4. The van der Waals surface area contributed by atoms with Gasteiger partial charge in [-0.15, -0.1) is 0 Å². The fourth-order valence-electron chi connectivity index (χ4n) is 2.23. The molecule has 135 valence electrons. The van der Waals surface area contributed by atoms with Gasteiger partial charge in [0.15, 0.2) is 0 Å². The number of Topliss-reactive ketones (excluding diaryl/α,β-unsaturated/α-hetero) is 1. The van der Waals surface area contributed by atoms with Crippen LogP contribution in [0.3, 0.4) is 0 Å². The average Bonchev–Trinajstić information content (AvgIpc) is 2.95. The minimum absolute atomic E-state index is 0.0759. The van der Waals surface area contributed by atoms with Crippen LogP contribution >= 0.6 is 0 Å². The summed E-state index contributed by atoms with van der Waals surface area (Å²) in [5, 5.41) is 4.33. The Morgan fingerprint density at radius 2 is 2.04 bits per heavy atom. The summed E-state index contributed by atoms with van der Waals surface area (Å²) in [6, 6.07) is 1.74. The number of carbonyl (C=O) groups excluding carboxylic acids is 2. The average molecular weight is 558 g/mol. The molecule has 0 aromatic carbocycles. The molecule has 0 bridgehead atoms. The minimum atomic E-state index is -0.552. The molecular weight excluding hydrogens is 537 g/mol.